The molecule has 1 aliphatic rings. The molecule has 0 atom stereocenters. The largest absolute Gasteiger partial charge is 0.492 e. The molecule has 1 aromatic rings. The summed E-state index contributed by atoms with van der Waals surface area (Å²) in [6.07, 6.45) is 4.92. The fourth-order valence-electron chi connectivity index (χ4n) is 2.43. The first-order chi connectivity index (χ1) is 9.66. The standard InChI is InChI=1S/C16H22BrNO2/c1-13-7-8-15(14(17)12-13)20-11-5-6-16(19)18-9-3-2-4-10-18/h7-8,12H,2-6,9-11H2,1H3. The van der Waals surface area contributed by atoms with Gasteiger partial charge < -0.3 is 9.64 Å². The van der Waals surface area contributed by atoms with Crippen molar-refractivity contribution in [2.24, 2.45) is 0 Å². The molecule has 1 saturated heterocycles. The zero-order valence-electron chi connectivity index (χ0n) is 12.0. The van der Waals surface area contributed by atoms with Gasteiger partial charge in [-0.25, -0.2) is 0 Å². The lowest BCUT2D eigenvalue weighted by molar-refractivity contribution is -0.132. The Kier molecular flexibility index (Phi) is 5.89. The number of halogens is 1. The minimum Gasteiger partial charge on any atom is -0.492 e. The van der Waals surface area contributed by atoms with Crippen LogP contribution < -0.4 is 4.74 Å². The predicted octanol–water partition coefficient (Wildman–Crippen LogP) is 3.93. The van der Waals surface area contributed by atoms with Crippen molar-refractivity contribution in [3.8, 4) is 5.75 Å². The maximum Gasteiger partial charge on any atom is 0.222 e. The van der Waals surface area contributed by atoms with Crippen molar-refractivity contribution in [3.05, 3.63) is 28.2 Å². The Morgan fingerprint density at radius 1 is 1.30 bits per heavy atom. The van der Waals surface area contributed by atoms with Gasteiger partial charge in [-0.1, -0.05) is 6.07 Å². The van der Waals surface area contributed by atoms with Crippen LogP contribution in [0.5, 0.6) is 5.75 Å². The lowest BCUT2D eigenvalue weighted by Crippen LogP contribution is -2.35. The summed E-state index contributed by atoms with van der Waals surface area (Å²) in [5, 5.41) is 0. The fraction of sp³-hybridized carbons (Fsp3) is 0.562. The quantitative estimate of drug-likeness (QED) is 0.760. The number of ether oxygens (including phenoxy) is 1. The molecule has 1 amide bonds. The van der Waals surface area contributed by atoms with E-state index in [1.165, 1.54) is 12.0 Å². The van der Waals surface area contributed by atoms with E-state index in [4.69, 9.17) is 4.74 Å². The second-order valence-corrected chi connectivity index (χ2v) is 6.18. The van der Waals surface area contributed by atoms with Crippen LogP contribution in [0.1, 0.15) is 37.7 Å². The smallest absolute Gasteiger partial charge is 0.222 e. The highest BCUT2D eigenvalue weighted by atomic mass is 79.9. The number of hydrogen-bond donors (Lipinski definition) is 0. The van der Waals surface area contributed by atoms with Crippen LogP contribution in [0.25, 0.3) is 0 Å². The van der Waals surface area contributed by atoms with Gasteiger partial charge in [0.15, 0.2) is 0 Å². The summed E-state index contributed by atoms with van der Waals surface area (Å²) in [7, 11) is 0. The van der Waals surface area contributed by atoms with Gasteiger partial charge in [0.05, 0.1) is 11.1 Å². The third kappa shape index (κ3) is 4.51. The molecular formula is C16H22BrNO2. The summed E-state index contributed by atoms with van der Waals surface area (Å²) < 4.78 is 6.68. The molecule has 1 aliphatic heterocycles. The number of aryl methyl sites for hydroxylation is 1. The van der Waals surface area contributed by atoms with Gasteiger partial charge in [-0.2, -0.15) is 0 Å². The number of benzene rings is 1. The SMILES string of the molecule is Cc1ccc(OCCCC(=O)N2CCCCC2)c(Br)c1. The predicted molar refractivity (Wildman–Crippen MR) is 84.0 cm³/mol. The number of carbonyl (C=O) groups excluding carboxylic acids is 1. The summed E-state index contributed by atoms with van der Waals surface area (Å²) in [4.78, 5) is 14.0. The average molecular weight is 340 g/mol. The summed E-state index contributed by atoms with van der Waals surface area (Å²) in [6, 6.07) is 6.03. The molecule has 0 radical (unpaired) electrons. The molecular weight excluding hydrogens is 318 g/mol. The molecule has 0 aliphatic carbocycles. The molecule has 1 aromatic carbocycles. The van der Waals surface area contributed by atoms with Crippen LogP contribution in [0, 0.1) is 6.92 Å². The van der Waals surface area contributed by atoms with E-state index in [-0.39, 0.29) is 5.91 Å². The number of carbonyl (C=O) groups is 1. The lowest BCUT2D eigenvalue weighted by Gasteiger charge is -2.26. The summed E-state index contributed by atoms with van der Waals surface area (Å²) >= 11 is 3.49. The van der Waals surface area contributed by atoms with Gasteiger partial charge in [-0.15, -0.1) is 0 Å². The molecule has 4 heteroatoms. The minimum absolute atomic E-state index is 0.274. The van der Waals surface area contributed by atoms with E-state index in [1.54, 1.807) is 0 Å². The third-order valence-electron chi connectivity index (χ3n) is 3.59. The Hall–Kier alpha value is -1.03. The van der Waals surface area contributed by atoms with Crippen LogP contribution in [0.2, 0.25) is 0 Å². The third-order valence-corrected chi connectivity index (χ3v) is 4.21. The van der Waals surface area contributed by atoms with Crippen LogP contribution in [-0.4, -0.2) is 30.5 Å². The van der Waals surface area contributed by atoms with Crippen LogP contribution in [0.4, 0.5) is 0 Å². The van der Waals surface area contributed by atoms with Crippen molar-refractivity contribution >= 4 is 21.8 Å². The van der Waals surface area contributed by atoms with Crippen LogP contribution >= 0.6 is 15.9 Å². The number of amides is 1. The van der Waals surface area contributed by atoms with Gasteiger partial charge in [-0.3, -0.25) is 4.79 Å². The Labute approximate surface area is 129 Å². The van der Waals surface area contributed by atoms with Gasteiger partial charge in [0.25, 0.3) is 0 Å². The number of piperidine rings is 1. The zero-order chi connectivity index (χ0) is 14.4. The fourth-order valence-corrected chi connectivity index (χ4v) is 3.04. The van der Waals surface area contributed by atoms with Gasteiger partial charge in [0, 0.05) is 19.5 Å². The molecule has 0 unspecified atom stereocenters. The van der Waals surface area contributed by atoms with E-state index in [2.05, 4.69) is 15.9 Å². The van der Waals surface area contributed by atoms with E-state index in [9.17, 15) is 4.79 Å². The Morgan fingerprint density at radius 3 is 2.75 bits per heavy atom. The highest BCUT2D eigenvalue weighted by molar-refractivity contribution is 9.10. The highest BCUT2D eigenvalue weighted by Gasteiger charge is 2.15. The molecule has 1 fully saturated rings. The number of likely N-dealkylation sites (tertiary alicyclic amines) is 1. The number of nitrogens with zero attached hydrogens (tertiary/aromatic N) is 1. The van der Waals surface area contributed by atoms with Crippen molar-refractivity contribution in [2.75, 3.05) is 19.7 Å². The van der Waals surface area contributed by atoms with Crippen molar-refractivity contribution < 1.29 is 9.53 Å². The average Bonchev–Trinajstić information content (AvgIpc) is 2.46. The molecule has 2 rings (SSSR count). The lowest BCUT2D eigenvalue weighted by atomic mass is 10.1. The summed E-state index contributed by atoms with van der Waals surface area (Å²) in [5.41, 5.74) is 1.20. The van der Waals surface area contributed by atoms with Crippen molar-refractivity contribution in [2.45, 2.75) is 39.0 Å². The summed E-state index contributed by atoms with van der Waals surface area (Å²) in [5.74, 6) is 1.12. The molecule has 1 heterocycles. The second kappa shape index (κ2) is 7.67. The molecule has 0 N–H and O–H groups in total. The second-order valence-electron chi connectivity index (χ2n) is 5.33. The molecule has 20 heavy (non-hydrogen) atoms. The molecule has 0 aromatic heterocycles. The van der Waals surface area contributed by atoms with Crippen molar-refractivity contribution in [1.29, 1.82) is 0 Å². The molecule has 110 valence electrons. The minimum atomic E-state index is 0.274. The normalized spacial score (nSPS) is 15.2. The van der Waals surface area contributed by atoms with Gasteiger partial charge >= 0.3 is 0 Å². The van der Waals surface area contributed by atoms with E-state index >= 15 is 0 Å². The molecule has 0 spiro atoms. The highest BCUT2D eigenvalue weighted by Crippen LogP contribution is 2.25. The molecule has 0 saturated carbocycles. The Morgan fingerprint density at radius 2 is 2.05 bits per heavy atom. The topological polar surface area (TPSA) is 29.5 Å². The number of hydrogen-bond acceptors (Lipinski definition) is 2. The Balaban J connectivity index is 1.69. The van der Waals surface area contributed by atoms with Gasteiger partial charge in [-0.05, 0) is 66.2 Å². The summed E-state index contributed by atoms with van der Waals surface area (Å²) in [6.45, 7) is 4.50. The van der Waals surface area contributed by atoms with Gasteiger partial charge in [0.2, 0.25) is 5.91 Å². The van der Waals surface area contributed by atoms with Crippen LogP contribution in [-0.2, 0) is 4.79 Å². The maximum absolute atomic E-state index is 12.0. The molecule has 0 bridgehead atoms. The molecule has 3 nitrogen and oxygen atoms in total. The van der Waals surface area contributed by atoms with Crippen LogP contribution in [0.15, 0.2) is 22.7 Å². The monoisotopic (exact) mass is 339 g/mol. The van der Waals surface area contributed by atoms with E-state index < -0.39 is 0 Å². The zero-order valence-corrected chi connectivity index (χ0v) is 13.6. The van der Waals surface area contributed by atoms with E-state index in [1.807, 2.05) is 30.0 Å². The first kappa shape index (κ1) is 15.4. The van der Waals surface area contributed by atoms with Crippen molar-refractivity contribution in [1.82, 2.24) is 4.90 Å². The van der Waals surface area contributed by atoms with Crippen LogP contribution in [0.3, 0.4) is 0 Å². The first-order valence-electron chi connectivity index (χ1n) is 7.33. The number of rotatable bonds is 5. The maximum atomic E-state index is 12.0. The van der Waals surface area contributed by atoms with Gasteiger partial charge in [0.1, 0.15) is 5.75 Å². The Bertz CT molecular complexity index is 456. The van der Waals surface area contributed by atoms with E-state index in [0.717, 1.165) is 42.6 Å². The first-order valence-corrected chi connectivity index (χ1v) is 8.13. The van der Waals surface area contributed by atoms with E-state index in [0.29, 0.717) is 13.0 Å². The van der Waals surface area contributed by atoms with Crippen molar-refractivity contribution in [3.63, 3.8) is 0 Å².